The highest BCUT2D eigenvalue weighted by Crippen LogP contribution is 2.27. The summed E-state index contributed by atoms with van der Waals surface area (Å²) in [6, 6.07) is 1.12. The van der Waals surface area contributed by atoms with Crippen molar-refractivity contribution in [3.05, 3.63) is 23.8 Å². The van der Waals surface area contributed by atoms with Crippen LogP contribution in [0, 0.1) is 6.92 Å². The van der Waals surface area contributed by atoms with Crippen molar-refractivity contribution in [1.29, 1.82) is 0 Å². The summed E-state index contributed by atoms with van der Waals surface area (Å²) in [5.74, 6) is 0.775. The summed E-state index contributed by atoms with van der Waals surface area (Å²) in [7, 11) is 0. The molecule has 0 spiro atoms. The molecule has 2 saturated heterocycles. The molecular weight excluding hydrogens is 256 g/mol. The number of piperazine rings is 1. The molecule has 2 amide bonds. The summed E-state index contributed by atoms with van der Waals surface area (Å²) in [6.07, 6.45) is 3.37. The second-order valence-electron chi connectivity index (χ2n) is 5.43. The smallest absolute Gasteiger partial charge is 0.246 e. The molecule has 1 aromatic rings. The molecule has 6 nitrogen and oxygen atoms in total. The lowest BCUT2D eigenvalue weighted by molar-refractivity contribution is -0.159. The molecule has 1 aromatic heterocycles. The third-order valence-corrected chi connectivity index (χ3v) is 4.09. The molecule has 20 heavy (non-hydrogen) atoms. The number of rotatable bonds is 2. The Hall–Kier alpha value is -1.98. The number of hydrogen-bond donors (Lipinski definition) is 0. The third kappa shape index (κ3) is 2.05. The molecule has 3 heterocycles. The molecule has 0 saturated carbocycles. The lowest BCUT2D eigenvalue weighted by atomic mass is 10.1. The summed E-state index contributed by atoms with van der Waals surface area (Å²) in [5, 5.41) is 0. The second kappa shape index (κ2) is 4.85. The molecule has 2 aliphatic heterocycles. The number of aryl methyl sites for hydroxylation is 1. The van der Waals surface area contributed by atoms with Crippen molar-refractivity contribution >= 4 is 11.8 Å². The SMILES string of the molecule is Cc1nccc(CN2C(=O)C3CCCN3C(=O)C2C)n1. The molecule has 106 valence electrons. The van der Waals surface area contributed by atoms with Crippen LogP contribution < -0.4 is 0 Å². The van der Waals surface area contributed by atoms with Gasteiger partial charge in [-0.25, -0.2) is 9.97 Å². The van der Waals surface area contributed by atoms with Crippen LogP contribution in [0.2, 0.25) is 0 Å². The van der Waals surface area contributed by atoms with Crippen molar-refractivity contribution in [1.82, 2.24) is 19.8 Å². The minimum atomic E-state index is -0.410. The largest absolute Gasteiger partial charge is 0.329 e. The quantitative estimate of drug-likeness (QED) is 0.788. The first-order chi connectivity index (χ1) is 9.58. The standard InChI is InChI=1S/C14H18N4O2/c1-9-13(19)17-7-3-4-12(17)14(20)18(9)8-11-5-6-15-10(2)16-11/h5-6,9,12H,3-4,7-8H2,1-2H3. The van der Waals surface area contributed by atoms with Crippen LogP contribution in [0.4, 0.5) is 0 Å². The van der Waals surface area contributed by atoms with E-state index < -0.39 is 6.04 Å². The maximum atomic E-state index is 12.5. The molecule has 2 fully saturated rings. The van der Waals surface area contributed by atoms with Crippen LogP contribution in [-0.2, 0) is 16.1 Å². The van der Waals surface area contributed by atoms with E-state index in [2.05, 4.69) is 9.97 Å². The molecule has 2 aliphatic rings. The Balaban J connectivity index is 1.84. The zero-order valence-electron chi connectivity index (χ0n) is 11.7. The van der Waals surface area contributed by atoms with Crippen LogP contribution in [0.15, 0.2) is 12.3 Å². The minimum Gasteiger partial charge on any atom is -0.329 e. The van der Waals surface area contributed by atoms with Crippen LogP contribution in [0.3, 0.4) is 0 Å². The average Bonchev–Trinajstić information content (AvgIpc) is 2.91. The van der Waals surface area contributed by atoms with E-state index in [1.54, 1.807) is 29.0 Å². The molecule has 3 rings (SSSR count). The number of nitrogens with zero attached hydrogens (tertiary/aromatic N) is 4. The van der Waals surface area contributed by atoms with Crippen molar-refractivity contribution in [2.24, 2.45) is 0 Å². The first kappa shape index (κ1) is 13.0. The number of carbonyl (C=O) groups excluding carboxylic acids is 2. The van der Waals surface area contributed by atoms with Crippen molar-refractivity contribution in [2.75, 3.05) is 6.54 Å². The fraction of sp³-hybridized carbons (Fsp3) is 0.571. The van der Waals surface area contributed by atoms with Crippen LogP contribution >= 0.6 is 0 Å². The van der Waals surface area contributed by atoms with Crippen molar-refractivity contribution < 1.29 is 9.59 Å². The topological polar surface area (TPSA) is 66.4 Å². The van der Waals surface area contributed by atoms with Gasteiger partial charge in [-0.1, -0.05) is 0 Å². The molecule has 0 radical (unpaired) electrons. The van der Waals surface area contributed by atoms with Gasteiger partial charge >= 0.3 is 0 Å². The van der Waals surface area contributed by atoms with Gasteiger partial charge in [0.15, 0.2) is 0 Å². The minimum absolute atomic E-state index is 0.0471. The molecule has 2 unspecified atom stereocenters. The van der Waals surface area contributed by atoms with Crippen LogP contribution in [0.5, 0.6) is 0 Å². The van der Waals surface area contributed by atoms with Gasteiger partial charge in [0.25, 0.3) is 0 Å². The monoisotopic (exact) mass is 274 g/mol. The lowest BCUT2D eigenvalue weighted by Crippen LogP contribution is -2.61. The molecule has 0 aliphatic carbocycles. The molecule has 0 bridgehead atoms. The maximum absolute atomic E-state index is 12.5. The van der Waals surface area contributed by atoms with Gasteiger partial charge in [0.2, 0.25) is 11.8 Å². The van der Waals surface area contributed by atoms with Crippen LogP contribution in [0.25, 0.3) is 0 Å². The molecule has 0 N–H and O–H groups in total. The van der Waals surface area contributed by atoms with Crippen molar-refractivity contribution in [2.45, 2.75) is 45.3 Å². The molecule has 0 aromatic carbocycles. The van der Waals surface area contributed by atoms with Crippen LogP contribution in [0.1, 0.15) is 31.3 Å². The molecule has 6 heteroatoms. The molecule has 2 atom stereocenters. The van der Waals surface area contributed by atoms with Gasteiger partial charge < -0.3 is 9.80 Å². The van der Waals surface area contributed by atoms with Gasteiger partial charge in [-0.05, 0) is 32.8 Å². The van der Waals surface area contributed by atoms with Gasteiger partial charge in [-0.2, -0.15) is 0 Å². The zero-order valence-corrected chi connectivity index (χ0v) is 11.7. The summed E-state index contributed by atoms with van der Waals surface area (Å²) in [6.45, 7) is 4.69. The predicted molar refractivity (Wildman–Crippen MR) is 71.5 cm³/mol. The maximum Gasteiger partial charge on any atom is 0.246 e. The molecular formula is C14H18N4O2. The van der Waals surface area contributed by atoms with Gasteiger partial charge in [-0.3, -0.25) is 9.59 Å². The van der Waals surface area contributed by atoms with E-state index in [1.165, 1.54) is 0 Å². The lowest BCUT2D eigenvalue weighted by Gasteiger charge is -2.40. The summed E-state index contributed by atoms with van der Waals surface area (Å²) >= 11 is 0. The highest BCUT2D eigenvalue weighted by molar-refractivity contribution is 5.97. The number of fused-ring (bicyclic) bond motifs is 1. The number of hydrogen-bond acceptors (Lipinski definition) is 4. The van der Waals surface area contributed by atoms with E-state index in [4.69, 9.17) is 0 Å². The normalized spacial score (nSPS) is 26.1. The average molecular weight is 274 g/mol. The van der Waals surface area contributed by atoms with Crippen molar-refractivity contribution in [3.63, 3.8) is 0 Å². The van der Waals surface area contributed by atoms with E-state index in [0.29, 0.717) is 18.9 Å². The van der Waals surface area contributed by atoms with Gasteiger partial charge in [0.05, 0.1) is 12.2 Å². The van der Waals surface area contributed by atoms with Gasteiger partial charge in [0.1, 0.15) is 17.9 Å². The van der Waals surface area contributed by atoms with E-state index in [9.17, 15) is 9.59 Å². The van der Waals surface area contributed by atoms with E-state index in [0.717, 1.165) is 18.5 Å². The Labute approximate surface area is 117 Å². The first-order valence-electron chi connectivity index (χ1n) is 6.97. The fourth-order valence-electron chi connectivity index (χ4n) is 3.03. The number of carbonyl (C=O) groups is 2. The van der Waals surface area contributed by atoms with Gasteiger partial charge in [0, 0.05) is 12.7 Å². The second-order valence-corrected chi connectivity index (χ2v) is 5.43. The Morgan fingerprint density at radius 3 is 2.90 bits per heavy atom. The Kier molecular flexibility index (Phi) is 3.16. The Bertz CT molecular complexity index is 560. The highest BCUT2D eigenvalue weighted by Gasteiger charge is 2.45. The van der Waals surface area contributed by atoms with E-state index >= 15 is 0 Å². The summed E-state index contributed by atoms with van der Waals surface area (Å²) in [5.41, 5.74) is 0.775. The fourth-order valence-corrected chi connectivity index (χ4v) is 3.03. The Morgan fingerprint density at radius 1 is 1.35 bits per heavy atom. The highest BCUT2D eigenvalue weighted by atomic mass is 16.2. The first-order valence-corrected chi connectivity index (χ1v) is 6.97. The van der Waals surface area contributed by atoms with Gasteiger partial charge in [-0.15, -0.1) is 0 Å². The van der Waals surface area contributed by atoms with E-state index in [-0.39, 0.29) is 17.9 Å². The van der Waals surface area contributed by atoms with Crippen molar-refractivity contribution in [3.8, 4) is 0 Å². The van der Waals surface area contributed by atoms with E-state index in [1.807, 2.05) is 6.92 Å². The Morgan fingerprint density at radius 2 is 2.15 bits per heavy atom. The summed E-state index contributed by atoms with van der Waals surface area (Å²) < 4.78 is 0. The van der Waals surface area contributed by atoms with Crippen LogP contribution in [-0.4, -0.2) is 50.2 Å². The summed E-state index contributed by atoms with van der Waals surface area (Å²) in [4.78, 5) is 36.6. The third-order valence-electron chi connectivity index (χ3n) is 4.09. The zero-order chi connectivity index (χ0) is 14.3. The number of aromatic nitrogens is 2. The predicted octanol–water partition coefficient (Wildman–Crippen LogP) is 0.507. The number of amides is 2.